The second kappa shape index (κ2) is 5.04. The highest BCUT2D eigenvalue weighted by molar-refractivity contribution is 5.55. The maximum Gasteiger partial charge on any atom is 0.159 e. The number of hydrogen-bond donors (Lipinski definition) is 0. The molecule has 0 fully saturated rings. The van der Waals surface area contributed by atoms with E-state index in [1.54, 1.807) is 0 Å². The van der Waals surface area contributed by atoms with Crippen LogP contribution in [0.4, 0.5) is 4.39 Å². The van der Waals surface area contributed by atoms with Crippen molar-refractivity contribution >= 4 is 0 Å². The van der Waals surface area contributed by atoms with Crippen LogP contribution in [0.25, 0.3) is 11.4 Å². The van der Waals surface area contributed by atoms with Crippen LogP contribution in [0.15, 0.2) is 30.6 Å². The van der Waals surface area contributed by atoms with E-state index in [1.807, 2.05) is 25.4 Å². The first kappa shape index (κ1) is 11.7. The van der Waals surface area contributed by atoms with Crippen LogP contribution in [-0.2, 0) is 6.42 Å². The first-order chi connectivity index (χ1) is 8.19. The van der Waals surface area contributed by atoms with E-state index in [2.05, 4.69) is 16.9 Å². The Labute approximate surface area is 101 Å². The molecular weight excluding hydrogens is 215 g/mol. The largest absolute Gasteiger partial charge is 0.236 e. The molecule has 0 aliphatic rings. The fraction of sp³-hybridized carbons (Fsp3) is 0.286. The number of halogens is 1. The van der Waals surface area contributed by atoms with Crippen molar-refractivity contribution < 1.29 is 4.39 Å². The van der Waals surface area contributed by atoms with Crippen molar-refractivity contribution in [2.24, 2.45) is 0 Å². The van der Waals surface area contributed by atoms with Crippen molar-refractivity contribution in [3.05, 3.63) is 47.5 Å². The second-order valence-electron chi connectivity index (χ2n) is 4.18. The number of benzene rings is 1. The molecule has 2 nitrogen and oxygen atoms in total. The summed E-state index contributed by atoms with van der Waals surface area (Å²) in [5.41, 5.74) is 2.72. The van der Waals surface area contributed by atoms with E-state index in [0.717, 1.165) is 29.5 Å². The van der Waals surface area contributed by atoms with Crippen LogP contribution in [0.5, 0.6) is 0 Å². The minimum atomic E-state index is -0.249. The van der Waals surface area contributed by atoms with E-state index in [-0.39, 0.29) is 5.82 Å². The number of aryl methyl sites for hydroxylation is 2. The van der Waals surface area contributed by atoms with E-state index in [0.29, 0.717) is 5.82 Å². The summed E-state index contributed by atoms with van der Waals surface area (Å²) in [6, 6.07) is 4.84. The van der Waals surface area contributed by atoms with Crippen LogP contribution >= 0.6 is 0 Å². The standard InChI is InChI=1S/C14H15FN2/c1-3-4-11-8-16-14(17-9-11)12-5-10(2)6-13(15)7-12/h5-9H,3-4H2,1-2H3. The zero-order valence-corrected chi connectivity index (χ0v) is 10.1. The van der Waals surface area contributed by atoms with Crippen LogP contribution in [0, 0.1) is 12.7 Å². The van der Waals surface area contributed by atoms with Crippen molar-refractivity contribution in [1.82, 2.24) is 9.97 Å². The highest BCUT2D eigenvalue weighted by Gasteiger charge is 2.04. The van der Waals surface area contributed by atoms with E-state index in [4.69, 9.17) is 0 Å². The third-order valence-corrected chi connectivity index (χ3v) is 2.54. The van der Waals surface area contributed by atoms with Crippen LogP contribution in [0.1, 0.15) is 24.5 Å². The van der Waals surface area contributed by atoms with Gasteiger partial charge in [0.15, 0.2) is 5.82 Å². The Morgan fingerprint density at radius 1 is 1.12 bits per heavy atom. The molecule has 0 bridgehead atoms. The normalized spacial score (nSPS) is 10.5. The Kier molecular flexibility index (Phi) is 3.47. The molecule has 0 amide bonds. The molecule has 0 radical (unpaired) electrons. The summed E-state index contributed by atoms with van der Waals surface area (Å²) in [6.45, 7) is 3.97. The molecule has 88 valence electrons. The summed E-state index contributed by atoms with van der Waals surface area (Å²) in [5.74, 6) is 0.327. The predicted molar refractivity (Wildman–Crippen MR) is 66.2 cm³/mol. The smallest absolute Gasteiger partial charge is 0.159 e. The lowest BCUT2D eigenvalue weighted by atomic mass is 10.1. The monoisotopic (exact) mass is 230 g/mol. The number of nitrogens with zero attached hydrogens (tertiary/aromatic N) is 2. The predicted octanol–water partition coefficient (Wildman–Crippen LogP) is 3.54. The zero-order chi connectivity index (χ0) is 12.3. The zero-order valence-electron chi connectivity index (χ0n) is 10.1. The highest BCUT2D eigenvalue weighted by atomic mass is 19.1. The molecule has 0 N–H and O–H groups in total. The summed E-state index contributed by atoms with van der Waals surface area (Å²) in [4.78, 5) is 8.54. The van der Waals surface area contributed by atoms with E-state index < -0.39 is 0 Å². The minimum Gasteiger partial charge on any atom is -0.236 e. The third kappa shape index (κ3) is 2.87. The molecule has 0 atom stereocenters. The van der Waals surface area contributed by atoms with Crippen molar-refractivity contribution in [3.8, 4) is 11.4 Å². The van der Waals surface area contributed by atoms with E-state index in [9.17, 15) is 4.39 Å². The van der Waals surface area contributed by atoms with Crippen molar-refractivity contribution in [2.45, 2.75) is 26.7 Å². The molecule has 1 aromatic heterocycles. The number of rotatable bonds is 3. The van der Waals surface area contributed by atoms with Gasteiger partial charge in [-0.3, -0.25) is 0 Å². The first-order valence-corrected chi connectivity index (χ1v) is 5.77. The lowest BCUT2D eigenvalue weighted by Gasteiger charge is -2.03. The van der Waals surface area contributed by atoms with Gasteiger partial charge in [-0.05, 0) is 42.7 Å². The molecule has 0 aliphatic carbocycles. The summed E-state index contributed by atoms with van der Waals surface area (Å²) in [7, 11) is 0. The number of aromatic nitrogens is 2. The maximum atomic E-state index is 13.3. The van der Waals surface area contributed by atoms with Gasteiger partial charge >= 0.3 is 0 Å². The Hall–Kier alpha value is -1.77. The molecular formula is C14H15FN2. The van der Waals surface area contributed by atoms with Gasteiger partial charge in [0.25, 0.3) is 0 Å². The molecule has 0 saturated heterocycles. The Morgan fingerprint density at radius 3 is 2.41 bits per heavy atom. The third-order valence-electron chi connectivity index (χ3n) is 2.54. The molecule has 1 aromatic carbocycles. The Balaban J connectivity index is 2.32. The van der Waals surface area contributed by atoms with Crippen LogP contribution < -0.4 is 0 Å². The van der Waals surface area contributed by atoms with E-state index >= 15 is 0 Å². The fourth-order valence-electron chi connectivity index (χ4n) is 1.79. The van der Waals surface area contributed by atoms with Crippen LogP contribution in [0.2, 0.25) is 0 Å². The minimum absolute atomic E-state index is 0.249. The molecule has 2 rings (SSSR count). The van der Waals surface area contributed by atoms with Gasteiger partial charge in [-0.25, -0.2) is 14.4 Å². The molecule has 0 spiro atoms. The number of hydrogen-bond acceptors (Lipinski definition) is 2. The summed E-state index contributed by atoms with van der Waals surface area (Å²) >= 11 is 0. The van der Waals surface area contributed by atoms with Gasteiger partial charge in [0.2, 0.25) is 0 Å². The topological polar surface area (TPSA) is 25.8 Å². The van der Waals surface area contributed by atoms with Gasteiger partial charge in [-0.1, -0.05) is 13.3 Å². The van der Waals surface area contributed by atoms with Gasteiger partial charge in [-0.15, -0.1) is 0 Å². The summed E-state index contributed by atoms with van der Waals surface area (Å²) < 4.78 is 13.3. The quantitative estimate of drug-likeness (QED) is 0.806. The molecule has 0 unspecified atom stereocenters. The fourth-order valence-corrected chi connectivity index (χ4v) is 1.79. The average molecular weight is 230 g/mol. The van der Waals surface area contributed by atoms with Crippen molar-refractivity contribution in [2.75, 3.05) is 0 Å². The van der Waals surface area contributed by atoms with Gasteiger partial charge in [-0.2, -0.15) is 0 Å². The van der Waals surface area contributed by atoms with Gasteiger partial charge < -0.3 is 0 Å². The second-order valence-corrected chi connectivity index (χ2v) is 4.18. The van der Waals surface area contributed by atoms with Gasteiger partial charge in [0, 0.05) is 18.0 Å². The molecule has 3 heteroatoms. The lowest BCUT2D eigenvalue weighted by Crippen LogP contribution is -1.93. The molecule has 0 aliphatic heterocycles. The maximum absolute atomic E-state index is 13.3. The SMILES string of the molecule is CCCc1cnc(-c2cc(C)cc(F)c2)nc1. The van der Waals surface area contributed by atoms with Crippen LogP contribution in [0.3, 0.4) is 0 Å². The molecule has 1 heterocycles. The average Bonchev–Trinajstić information content (AvgIpc) is 2.29. The summed E-state index contributed by atoms with van der Waals surface area (Å²) in [5, 5.41) is 0. The highest BCUT2D eigenvalue weighted by Crippen LogP contribution is 2.18. The van der Waals surface area contributed by atoms with Gasteiger partial charge in [0.1, 0.15) is 5.82 Å². The Morgan fingerprint density at radius 2 is 1.82 bits per heavy atom. The molecule has 0 saturated carbocycles. The molecule has 17 heavy (non-hydrogen) atoms. The van der Waals surface area contributed by atoms with Crippen molar-refractivity contribution in [1.29, 1.82) is 0 Å². The van der Waals surface area contributed by atoms with Crippen molar-refractivity contribution in [3.63, 3.8) is 0 Å². The first-order valence-electron chi connectivity index (χ1n) is 5.77. The Bertz CT molecular complexity index is 486. The van der Waals surface area contributed by atoms with Gasteiger partial charge in [0.05, 0.1) is 0 Å². The van der Waals surface area contributed by atoms with E-state index in [1.165, 1.54) is 12.1 Å². The molecule has 2 aromatic rings. The summed E-state index contributed by atoms with van der Waals surface area (Å²) in [6.07, 6.45) is 5.67. The van der Waals surface area contributed by atoms with Crippen LogP contribution in [-0.4, -0.2) is 9.97 Å². The lowest BCUT2D eigenvalue weighted by molar-refractivity contribution is 0.627.